The van der Waals surface area contributed by atoms with Crippen molar-refractivity contribution in [1.29, 1.82) is 0 Å². The average Bonchev–Trinajstić information content (AvgIpc) is 2.94. The van der Waals surface area contributed by atoms with Gasteiger partial charge in [0.25, 0.3) is 0 Å². The van der Waals surface area contributed by atoms with Gasteiger partial charge in [-0.1, -0.05) is 26.7 Å². The van der Waals surface area contributed by atoms with E-state index in [4.69, 9.17) is 4.74 Å². The fourth-order valence-corrected chi connectivity index (χ4v) is 3.89. The first kappa shape index (κ1) is 16.8. The van der Waals surface area contributed by atoms with Crippen LogP contribution in [0, 0.1) is 5.92 Å². The van der Waals surface area contributed by atoms with Crippen LogP contribution >= 0.6 is 0 Å². The second-order valence-corrected chi connectivity index (χ2v) is 6.65. The maximum absolute atomic E-state index is 12.1. The van der Waals surface area contributed by atoms with Crippen LogP contribution in [0.1, 0.15) is 52.9 Å². The number of carbonyl (C=O) groups is 1. The third-order valence-electron chi connectivity index (χ3n) is 5.26. The average molecular weight is 296 g/mol. The van der Waals surface area contributed by atoms with E-state index in [0.717, 1.165) is 51.5 Å². The van der Waals surface area contributed by atoms with Crippen LogP contribution in [0.3, 0.4) is 0 Å². The predicted molar refractivity (Wildman–Crippen MR) is 85.3 cm³/mol. The summed E-state index contributed by atoms with van der Waals surface area (Å²) in [4.78, 5) is 16.9. The van der Waals surface area contributed by atoms with Gasteiger partial charge < -0.3 is 14.5 Å². The maximum atomic E-state index is 12.1. The molecule has 21 heavy (non-hydrogen) atoms. The van der Waals surface area contributed by atoms with Crippen LogP contribution in [0.15, 0.2) is 0 Å². The van der Waals surface area contributed by atoms with Crippen molar-refractivity contribution in [3.8, 4) is 0 Å². The van der Waals surface area contributed by atoms with Crippen molar-refractivity contribution in [3.63, 3.8) is 0 Å². The highest BCUT2D eigenvalue weighted by molar-refractivity contribution is 5.74. The van der Waals surface area contributed by atoms with Crippen molar-refractivity contribution in [2.75, 3.05) is 32.8 Å². The molecule has 0 saturated carbocycles. The highest BCUT2D eigenvalue weighted by atomic mass is 16.5. The number of nitrogens with zero attached hydrogens (tertiary/aromatic N) is 2. The van der Waals surface area contributed by atoms with Gasteiger partial charge in [0.1, 0.15) is 0 Å². The van der Waals surface area contributed by atoms with Crippen LogP contribution < -0.4 is 0 Å². The number of amides is 1. The van der Waals surface area contributed by atoms with Crippen LogP contribution in [-0.2, 0) is 9.53 Å². The molecule has 1 amide bonds. The number of ether oxygens (including phenoxy) is 1. The molecule has 2 aliphatic rings. The fourth-order valence-electron chi connectivity index (χ4n) is 3.89. The van der Waals surface area contributed by atoms with Gasteiger partial charge in [0.05, 0.1) is 0 Å². The van der Waals surface area contributed by atoms with E-state index in [-0.39, 0.29) is 5.91 Å². The van der Waals surface area contributed by atoms with Crippen LogP contribution in [0.4, 0.5) is 0 Å². The molecular weight excluding hydrogens is 264 g/mol. The van der Waals surface area contributed by atoms with Crippen molar-refractivity contribution in [2.24, 2.45) is 5.92 Å². The van der Waals surface area contributed by atoms with E-state index in [1.54, 1.807) is 6.92 Å². The lowest BCUT2D eigenvalue weighted by molar-refractivity contribution is -0.135. The Bertz CT molecular complexity index is 325. The Morgan fingerprint density at radius 2 is 1.86 bits per heavy atom. The van der Waals surface area contributed by atoms with E-state index < -0.39 is 0 Å². The molecule has 0 aliphatic carbocycles. The fraction of sp³-hybridized carbons (Fsp3) is 0.941. The molecule has 2 aliphatic heterocycles. The summed E-state index contributed by atoms with van der Waals surface area (Å²) in [5, 5.41) is 0. The number of carbonyl (C=O) groups excluding carboxylic acids is 1. The van der Waals surface area contributed by atoms with Gasteiger partial charge in [-0.15, -0.1) is 0 Å². The molecule has 4 heteroatoms. The smallest absolute Gasteiger partial charge is 0.219 e. The van der Waals surface area contributed by atoms with Crippen molar-refractivity contribution in [1.82, 2.24) is 9.80 Å². The SMILES string of the molecule is CCC(CC)CN1CCC(N(C(C)=O)C2CCOCC2)C1. The third-order valence-corrected chi connectivity index (χ3v) is 5.26. The summed E-state index contributed by atoms with van der Waals surface area (Å²) in [5.74, 6) is 1.05. The minimum Gasteiger partial charge on any atom is -0.381 e. The third kappa shape index (κ3) is 4.43. The zero-order valence-electron chi connectivity index (χ0n) is 14.0. The molecule has 1 atom stereocenters. The Morgan fingerprint density at radius 3 is 2.43 bits per heavy atom. The van der Waals surface area contributed by atoms with Gasteiger partial charge in [0.15, 0.2) is 0 Å². The van der Waals surface area contributed by atoms with Gasteiger partial charge >= 0.3 is 0 Å². The highest BCUT2D eigenvalue weighted by Gasteiger charge is 2.34. The van der Waals surface area contributed by atoms with Gasteiger partial charge in [-0.25, -0.2) is 0 Å². The summed E-state index contributed by atoms with van der Waals surface area (Å²) in [6.07, 6.45) is 5.66. The summed E-state index contributed by atoms with van der Waals surface area (Å²) in [7, 11) is 0. The standard InChI is InChI=1S/C17H32N2O2/c1-4-15(5-2)12-18-9-6-17(13-18)19(14(3)20)16-7-10-21-11-8-16/h15-17H,4-13H2,1-3H3. The number of hydrogen-bond acceptors (Lipinski definition) is 3. The number of hydrogen-bond donors (Lipinski definition) is 0. The van der Waals surface area contributed by atoms with Crippen LogP contribution in [0.25, 0.3) is 0 Å². The first-order chi connectivity index (χ1) is 10.2. The van der Waals surface area contributed by atoms with Crippen molar-refractivity contribution < 1.29 is 9.53 Å². The van der Waals surface area contributed by atoms with E-state index in [9.17, 15) is 4.79 Å². The highest BCUT2D eigenvalue weighted by Crippen LogP contribution is 2.24. The molecule has 2 fully saturated rings. The molecule has 2 saturated heterocycles. The molecule has 2 rings (SSSR count). The van der Waals surface area contributed by atoms with Crippen molar-refractivity contribution >= 4 is 5.91 Å². The van der Waals surface area contributed by atoms with E-state index in [0.29, 0.717) is 12.1 Å². The van der Waals surface area contributed by atoms with Gasteiger partial charge in [-0.3, -0.25) is 4.79 Å². The van der Waals surface area contributed by atoms with Crippen LogP contribution in [-0.4, -0.2) is 60.6 Å². The van der Waals surface area contributed by atoms with Crippen LogP contribution in [0.5, 0.6) is 0 Å². The van der Waals surface area contributed by atoms with Crippen LogP contribution in [0.2, 0.25) is 0 Å². The number of rotatable bonds is 6. The van der Waals surface area contributed by atoms with Gasteiger partial charge in [0.2, 0.25) is 5.91 Å². The predicted octanol–water partition coefficient (Wildman–Crippen LogP) is 2.52. The zero-order valence-corrected chi connectivity index (χ0v) is 14.0. The lowest BCUT2D eigenvalue weighted by Gasteiger charge is -2.38. The minimum absolute atomic E-state index is 0.247. The summed E-state index contributed by atoms with van der Waals surface area (Å²) in [6.45, 7) is 11.3. The Morgan fingerprint density at radius 1 is 1.19 bits per heavy atom. The topological polar surface area (TPSA) is 32.8 Å². The molecule has 2 heterocycles. The second-order valence-electron chi connectivity index (χ2n) is 6.65. The molecule has 0 radical (unpaired) electrons. The van der Waals surface area contributed by atoms with Gasteiger partial charge in [-0.05, 0) is 25.2 Å². The molecule has 0 aromatic carbocycles. The van der Waals surface area contributed by atoms with E-state index in [2.05, 4.69) is 23.6 Å². The zero-order chi connectivity index (χ0) is 15.2. The second kappa shape index (κ2) is 8.14. The molecule has 1 unspecified atom stereocenters. The van der Waals surface area contributed by atoms with Gasteiger partial charge in [0, 0.05) is 51.9 Å². The quantitative estimate of drug-likeness (QED) is 0.755. The molecule has 0 aromatic rings. The monoisotopic (exact) mass is 296 g/mol. The summed E-state index contributed by atoms with van der Waals surface area (Å²) in [5.41, 5.74) is 0. The van der Waals surface area contributed by atoms with E-state index in [1.807, 2.05) is 0 Å². The summed E-state index contributed by atoms with van der Waals surface area (Å²) in [6, 6.07) is 0.814. The van der Waals surface area contributed by atoms with Crippen molar-refractivity contribution in [2.45, 2.75) is 65.0 Å². The summed E-state index contributed by atoms with van der Waals surface area (Å²) >= 11 is 0. The Hall–Kier alpha value is -0.610. The molecule has 122 valence electrons. The molecule has 0 spiro atoms. The van der Waals surface area contributed by atoms with Crippen molar-refractivity contribution in [3.05, 3.63) is 0 Å². The summed E-state index contributed by atoms with van der Waals surface area (Å²) < 4.78 is 5.45. The largest absolute Gasteiger partial charge is 0.381 e. The molecule has 4 nitrogen and oxygen atoms in total. The van der Waals surface area contributed by atoms with Gasteiger partial charge in [-0.2, -0.15) is 0 Å². The molecule has 0 bridgehead atoms. The lowest BCUT2D eigenvalue weighted by atomic mass is 10.0. The maximum Gasteiger partial charge on any atom is 0.219 e. The Balaban J connectivity index is 1.91. The first-order valence-electron chi connectivity index (χ1n) is 8.74. The first-order valence-corrected chi connectivity index (χ1v) is 8.74. The molecule has 0 N–H and O–H groups in total. The van der Waals surface area contributed by atoms with E-state index >= 15 is 0 Å². The number of likely N-dealkylation sites (tertiary alicyclic amines) is 1. The molecular formula is C17H32N2O2. The van der Waals surface area contributed by atoms with E-state index in [1.165, 1.54) is 19.4 Å². The lowest BCUT2D eigenvalue weighted by Crippen LogP contribution is -2.49. The Kier molecular flexibility index (Phi) is 6.49. The minimum atomic E-state index is 0.247. The normalized spacial score (nSPS) is 24.7. The molecule has 0 aromatic heterocycles. The Labute approximate surface area is 129 Å².